The van der Waals surface area contributed by atoms with Gasteiger partial charge in [-0.05, 0) is 38.3 Å². The molecule has 1 fully saturated rings. The van der Waals surface area contributed by atoms with E-state index in [1.165, 1.54) is 13.0 Å². The number of hydrogen-bond donors (Lipinski definition) is 1. The molecule has 1 aromatic carbocycles. The summed E-state index contributed by atoms with van der Waals surface area (Å²) in [6, 6.07) is 3.31. The third-order valence-electron chi connectivity index (χ3n) is 3.78. The van der Waals surface area contributed by atoms with Crippen LogP contribution in [0.15, 0.2) is 18.2 Å². The summed E-state index contributed by atoms with van der Waals surface area (Å²) in [5.41, 5.74) is -1.81. The number of likely N-dealkylation sites (tertiary alicyclic amines) is 1. The molecule has 0 radical (unpaired) electrons. The number of piperidine rings is 1. The van der Waals surface area contributed by atoms with Crippen LogP contribution in [0.2, 0.25) is 0 Å². The number of hydrogen-bond acceptors (Lipinski definition) is 2. The summed E-state index contributed by atoms with van der Waals surface area (Å²) in [6.45, 7) is 1.65. The molecule has 0 spiro atoms. The minimum Gasteiger partial charge on any atom is -0.480 e. The average Bonchev–Trinajstić information content (AvgIpc) is 2.41. The van der Waals surface area contributed by atoms with Gasteiger partial charge in [-0.25, -0.2) is 13.6 Å². The van der Waals surface area contributed by atoms with Gasteiger partial charge in [0.1, 0.15) is 5.54 Å². The Labute approximate surface area is 115 Å². The Kier molecular flexibility index (Phi) is 3.74. The Morgan fingerprint density at radius 3 is 2.65 bits per heavy atom. The molecule has 1 atom stereocenters. The van der Waals surface area contributed by atoms with Crippen molar-refractivity contribution in [2.24, 2.45) is 0 Å². The molecule has 1 saturated heterocycles. The lowest BCUT2D eigenvalue weighted by molar-refractivity contribution is -0.150. The van der Waals surface area contributed by atoms with E-state index < -0.39 is 34.6 Å². The maximum absolute atomic E-state index is 13.7. The maximum Gasteiger partial charge on any atom is 0.329 e. The normalized spacial score (nSPS) is 22.6. The first-order chi connectivity index (χ1) is 9.38. The van der Waals surface area contributed by atoms with E-state index in [0.717, 1.165) is 17.0 Å². The Bertz CT molecular complexity index is 561. The van der Waals surface area contributed by atoms with Gasteiger partial charge in [0.25, 0.3) is 5.91 Å². The smallest absolute Gasteiger partial charge is 0.329 e. The van der Waals surface area contributed by atoms with Crippen LogP contribution in [-0.2, 0) is 4.79 Å². The number of aliphatic carboxylic acids is 1. The minimum absolute atomic E-state index is 0.220. The highest BCUT2D eigenvalue weighted by molar-refractivity contribution is 5.98. The van der Waals surface area contributed by atoms with Crippen LogP contribution in [0.1, 0.15) is 36.5 Å². The minimum atomic E-state index is -1.38. The highest BCUT2D eigenvalue weighted by atomic mass is 19.2. The van der Waals surface area contributed by atoms with Crippen molar-refractivity contribution in [2.45, 2.75) is 31.7 Å². The lowest BCUT2D eigenvalue weighted by Gasteiger charge is -2.41. The van der Waals surface area contributed by atoms with Crippen LogP contribution in [-0.4, -0.2) is 34.0 Å². The summed E-state index contributed by atoms with van der Waals surface area (Å²) in [7, 11) is 0. The molecule has 2 rings (SSSR count). The second-order valence-corrected chi connectivity index (χ2v) is 5.09. The number of carbonyl (C=O) groups excluding carboxylic acids is 1. The van der Waals surface area contributed by atoms with E-state index in [1.807, 2.05) is 0 Å². The van der Waals surface area contributed by atoms with Gasteiger partial charge in [0.15, 0.2) is 11.6 Å². The first kappa shape index (κ1) is 14.4. The van der Waals surface area contributed by atoms with Gasteiger partial charge >= 0.3 is 5.97 Å². The molecule has 1 aliphatic rings. The van der Waals surface area contributed by atoms with Gasteiger partial charge < -0.3 is 10.0 Å². The fourth-order valence-electron chi connectivity index (χ4n) is 2.48. The molecule has 1 heterocycles. The topological polar surface area (TPSA) is 57.6 Å². The molecule has 1 N–H and O–H groups in total. The van der Waals surface area contributed by atoms with Gasteiger partial charge in [0.2, 0.25) is 0 Å². The lowest BCUT2D eigenvalue weighted by atomic mass is 9.88. The number of carboxylic acid groups (broad SMARTS) is 1. The Morgan fingerprint density at radius 1 is 1.30 bits per heavy atom. The van der Waals surface area contributed by atoms with Crippen molar-refractivity contribution >= 4 is 11.9 Å². The van der Waals surface area contributed by atoms with Crippen LogP contribution in [0.3, 0.4) is 0 Å². The molecule has 1 aromatic rings. The zero-order valence-corrected chi connectivity index (χ0v) is 11.0. The summed E-state index contributed by atoms with van der Waals surface area (Å²) in [5.74, 6) is -4.28. The average molecular weight is 283 g/mol. The molecule has 4 nitrogen and oxygen atoms in total. The molecule has 1 aliphatic heterocycles. The molecule has 0 bridgehead atoms. The highest BCUT2D eigenvalue weighted by Crippen LogP contribution is 2.30. The molecule has 108 valence electrons. The number of carbonyl (C=O) groups is 2. The molecule has 20 heavy (non-hydrogen) atoms. The van der Waals surface area contributed by atoms with Crippen molar-refractivity contribution in [2.75, 3.05) is 6.54 Å². The Balaban J connectivity index is 2.40. The Hall–Kier alpha value is -1.98. The summed E-state index contributed by atoms with van der Waals surface area (Å²) >= 11 is 0. The first-order valence-corrected chi connectivity index (χ1v) is 6.37. The Morgan fingerprint density at radius 2 is 2.00 bits per heavy atom. The van der Waals surface area contributed by atoms with Crippen molar-refractivity contribution in [3.63, 3.8) is 0 Å². The first-order valence-electron chi connectivity index (χ1n) is 6.37. The maximum atomic E-state index is 13.7. The third kappa shape index (κ3) is 2.26. The van der Waals surface area contributed by atoms with Crippen LogP contribution < -0.4 is 0 Å². The number of rotatable bonds is 2. The fourth-order valence-corrected chi connectivity index (χ4v) is 2.48. The summed E-state index contributed by atoms with van der Waals surface area (Å²) in [6.07, 6.45) is 1.62. The zero-order valence-electron chi connectivity index (χ0n) is 11.0. The molecule has 0 saturated carbocycles. The second kappa shape index (κ2) is 5.19. The summed E-state index contributed by atoms with van der Waals surface area (Å²) < 4.78 is 26.9. The largest absolute Gasteiger partial charge is 0.480 e. The lowest BCUT2D eigenvalue weighted by Crippen LogP contribution is -2.57. The standard InChI is InChI=1S/C14H15F2NO3/c1-14(13(19)20)7-2-3-8-17(14)12(18)9-5-4-6-10(15)11(9)16/h4-6H,2-3,7-8H2,1H3,(H,19,20). The van der Waals surface area contributed by atoms with Gasteiger partial charge in [0, 0.05) is 6.54 Å². The van der Waals surface area contributed by atoms with Gasteiger partial charge in [-0.2, -0.15) is 0 Å². The van der Waals surface area contributed by atoms with Crippen molar-refractivity contribution in [3.8, 4) is 0 Å². The molecule has 0 aromatic heterocycles. The highest BCUT2D eigenvalue weighted by Gasteiger charge is 2.44. The molecule has 6 heteroatoms. The van der Waals surface area contributed by atoms with Crippen molar-refractivity contribution in [1.29, 1.82) is 0 Å². The van der Waals surface area contributed by atoms with Crippen LogP contribution in [0, 0.1) is 11.6 Å². The van der Waals surface area contributed by atoms with Crippen molar-refractivity contribution in [1.82, 2.24) is 4.90 Å². The molecule has 1 amide bonds. The molecular formula is C14H15F2NO3. The number of benzene rings is 1. The van der Waals surface area contributed by atoms with Crippen molar-refractivity contribution in [3.05, 3.63) is 35.4 Å². The van der Waals surface area contributed by atoms with Crippen LogP contribution in [0.4, 0.5) is 8.78 Å². The molecule has 1 unspecified atom stereocenters. The summed E-state index contributed by atoms with van der Waals surface area (Å²) in [4.78, 5) is 24.9. The van der Waals surface area contributed by atoms with E-state index in [9.17, 15) is 23.5 Å². The molecule has 0 aliphatic carbocycles. The van der Waals surface area contributed by atoms with E-state index >= 15 is 0 Å². The third-order valence-corrected chi connectivity index (χ3v) is 3.78. The van der Waals surface area contributed by atoms with E-state index in [0.29, 0.717) is 19.3 Å². The van der Waals surface area contributed by atoms with Crippen LogP contribution in [0.5, 0.6) is 0 Å². The van der Waals surface area contributed by atoms with Gasteiger partial charge in [0.05, 0.1) is 5.56 Å². The van der Waals surface area contributed by atoms with Gasteiger partial charge in [-0.15, -0.1) is 0 Å². The number of amides is 1. The van der Waals surface area contributed by atoms with E-state index in [2.05, 4.69) is 0 Å². The van der Waals surface area contributed by atoms with Crippen LogP contribution >= 0.6 is 0 Å². The number of halogens is 2. The SMILES string of the molecule is CC1(C(=O)O)CCCCN1C(=O)c1cccc(F)c1F. The number of nitrogens with zero attached hydrogens (tertiary/aromatic N) is 1. The fraction of sp³-hybridized carbons (Fsp3) is 0.429. The van der Waals surface area contributed by atoms with Gasteiger partial charge in [-0.1, -0.05) is 6.07 Å². The van der Waals surface area contributed by atoms with E-state index in [4.69, 9.17) is 0 Å². The summed E-state index contributed by atoms with van der Waals surface area (Å²) in [5, 5.41) is 9.33. The zero-order chi connectivity index (χ0) is 14.9. The van der Waals surface area contributed by atoms with E-state index in [1.54, 1.807) is 0 Å². The second-order valence-electron chi connectivity index (χ2n) is 5.09. The van der Waals surface area contributed by atoms with Gasteiger partial charge in [-0.3, -0.25) is 4.79 Å². The quantitative estimate of drug-likeness (QED) is 0.907. The predicted molar refractivity (Wildman–Crippen MR) is 67.3 cm³/mol. The van der Waals surface area contributed by atoms with Crippen molar-refractivity contribution < 1.29 is 23.5 Å². The monoisotopic (exact) mass is 283 g/mol. The predicted octanol–water partition coefficient (Wildman–Crippen LogP) is 2.43. The molecular weight excluding hydrogens is 268 g/mol. The van der Waals surface area contributed by atoms with E-state index in [-0.39, 0.29) is 6.54 Å². The number of carboxylic acids is 1. The van der Waals surface area contributed by atoms with Crippen LogP contribution in [0.25, 0.3) is 0 Å².